The number of H-pyrrole nitrogens is 1. The fourth-order valence-corrected chi connectivity index (χ4v) is 3.71. The third-order valence-corrected chi connectivity index (χ3v) is 5.12. The maximum Gasteiger partial charge on any atom is 0.246 e. The summed E-state index contributed by atoms with van der Waals surface area (Å²) in [4.78, 5) is 23.1. The molecule has 4 aromatic heterocycles. The number of carbonyl (C=O) groups is 1. The lowest BCUT2D eigenvalue weighted by Gasteiger charge is -2.24. The quantitative estimate of drug-likeness (QED) is 0.506. The van der Waals surface area contributed by atoms with Gasteiger partial charge in [-0.3, -0.25) is 14.9 Å². The SMILES string of the molecule is CC(=O)c1cc(Nc2nc(N3CCCC3c3ccccn3)nn3cccc23)n[nH]1. The molecular weight excluding hydrogens is 368 g/mol. The monoisotopic (exact) mass is 388 g/mol. The number of fused-ring (bicyclic) bond motifs is 1. The molecule has 0 bridgehead atoms. The lowest BCUT2D eigenvalue weighted by molar-refractivity contribution is 0.101. The van der Waals surface area contributed by atoms with E-state index in [0.717, 1.165) is 30.6 Å². The van der Waals surface area contributed by atoms with E-state index in [0.29, 0.717) is 23.3 Å². The zero-order valence-electron chi connectivity index (χ0n) is 15.9. The van der Waals surface area contributed by atoms with E-state index >= 15 is 0 Å². The Balaban J connectivity index is 1.52. The fraction of sp³-hybridized carbons (Fsp3) is 0.250. The number of aromatic nitrogens is 6. The normalized spacial score (nSPS) is 16.4. The molecular formula is C20H20N8O. The molecule has 1 aliphatic heterocycles. The maximum atomic E-state index is 11.5. The van der Waals surface area contributed by atoms with E-state index in [4.69, 9.17) is 10.1 Å². The summed E-state index contributed by atoms with van der Waals surface area (Å²) in [5.41, 5.74) is 2.30. The summed E-state index contributed by atoms with van der Waals surface area (Å²) in [5, 5.41) is 14.8. The lowest BCUT2D eigenvalue weighted by Crippen LogP contribution is -2.26. The van der Waals surface area contributed by atoms with Crippen molar-refractivity contribution >= 4 is 28.9 Å². The Bertz CT molecular complexity index is 1170. The summed E-state index contributed by atoms with van der Waals surface area (Å²) < 4.78 is 1.80. The van der Waals surface area contributed by atoms with Gasteiger partial charge in [0.15, 0.2) is 17.4 Å². The summed E-state index contributed by atoms with van der Waals surface area (Å²) in [5.74, 6) is 1.72. The third-order valence-electron chi connectivity index (χ3n) is 5.12. The van der Waals surface area contributed by atoms with E-state index in [-0.39, 0.29) is 11.8 Å². The molecule has 1 unspecified atom stereocenters. The number of nitrogens with one attached hydrogen (secondary N) is 2. The van der Waals surface area contributed by atoms with Gasteiger partial charge in [-0.1, -0.05) is 6.07 Å². The van der Waals surface area contributed by atoms with Gasteiger partial charge in [0.25, 0.3) is 0 Å². The highest BCUT2D eigenvalue weighted by molar-refractivity contribution is 5.93. The van der Waals surface area contributed by atoms with E-state index in [1.807, 2.05) is 42.7 Å². The standard InChI is InChI=1S/C20H20N8O/c1-13(29)15-12-18(25-24-15)22-19-17-8-5-11-28(17)26-20(23-19)27-10-4-7-16(27)14-6-2-3-9-21-14/h2-3,5-6,8-9,11-12,16H,4,7,10H2,1H3,(H2,22,23,24,25,26). The molecule has 9 nitrogen and oxygen atoms in total. The molecule has 0 spiro atoms. The van der Waals surface area contributed by atoms with Crippen LogP contribution in [0.4, 0.5) is 17.6 Å². The smallest absolute Gasteiger partial charge is 0.246 e. The average molecular weight is 388 g/mol. The maximum absolute atomic E-state index is 11.5. The van der Waals surface area contributed by atoms with E-state index in [2.05, 4.69) is 25.4 Å². The second-order valence-corrected chi connectivity index (χ2v) is 7.05. The van der Waals surface area contributed by atoms with Crippen LogP contribution in [0.3, 0.4) is 0 Å². The van der Waals surface area contributed by atoms with Crippen LogP contribution in [0.2, 0.25) is 0 Å². The molecule has 5 heterocycles. The molecule has 2 N–H and O–H groups in total. The number of hydrogen-bond donors (Lipinski definition) is 2. The summed E-state index contributed by atoms with van der Waals surface area (Å²) in [7, 11) is 0. The zero-order valence-corrected chi connectivity index (χ0v) is 15.9. The Labute approximate surface area is 166 Å². The summed E-state index contributed by atoms with van der Waals surface area (Å²) in [6.07, 6.45) is 5.77. The van der Waals surface area contributed by atoms with E-state index in [1.54, 1.807) is 10.6 Å². The second kappa shape index (κ2) is 7.01. The van der Waals surface area contributed by atoms with Crippen molar-refractivity contribution in [2.24, 2.45) is 0 Å². The highest BCUT2D eigenvalue weighted by atomic mass is 16.1. The second-order valence-electron chi connectivity index (χ2n) is 7.05. The lowest BCUT2D eigenvalue weighted by atomic mass is 10.1. The van der Waals surface area contributed by atoms with Crippen molar-refractivity contribution in [2.75, 3.05) is 16.8 Å². The Morgan fingerprint density at radius 3 is 3.00 bits per heavy atom. The molecule has 1 aliphatic rings. The predicted octanol–water partition coefficient (Wildman–Crippen LogP) is 3.14. The number of anilines is 3. The van der Waals surface area contributed by atoms with Gasteiger partial charge >= 0.3 is 0 Å². The molecule has 0 aromatic carbocycles. The molecule has 1 atom stereocenters. The van der Waals surface area contributed by atoms with Crippen LogP contribution in [0.25, 0.3) is 5.52 Å². The van der Waals surface area contributed by atoms with Crippen molar-refractivity contribution in [3.63, 3.8) is 0 Å². The molecule has 4 aromatic rings. The van der Waals surface area contributed by atoms with Crippen molar-refractivity contribution in [3.05, 3.63) is 60.2 Å². The van der Waals surface area contributed by atoms with Crippen LogP contribution < -0.4 is 10.2 Å². The molecule has 0 amide bonds. The zero-order chi connectivity index (χ0) is 19.8. The molecule has 146 valence electrons. The Kier molecular flexibility index (Phi) is 4.19. The number of aromatic amines is 1. The topological polar surface area (TPSA) is 104 Å². The van der Waals surface area contributed by atoms with Crippen molar-refractivity contribution in [3.8, 4) is 0 Å². The first-order valence-corrected chi connectivity index (χ1v) is 9.55. The van der Waals surface area contributed by atoms with E-state index in [9.17, 15) is 4.79 Å². The van der Waals surface area contributed by atoms with Crippen molar-refractivity contribution in [1.82, 2.24) is 29.8 Å². The van der Waals surface area contributed by atoms with Crippen molar-refractivity contribution in [1.29, 1.82) is 0 Å². The summed E-state index contributed by atoms with van der Waals surface area (Å²) >= 11 is 0. The Morgan fingerprint density at radius 1 is 1.28 bits per heavy atom. The van der Waals surface area contributed by atoms with Gasteiger partial charge in [-0.2, -0.15) is 10.1 Å². The van der Waals surface area contributed by atoms with Crippen LogP contribution in [0.1, 0.15) is 42.0 Å². The first kappa shape index (κ1) is 17.4. The van der Waals surface area contributed by atoms with Gasteiger partial charge in [-0.05, 0) is 37.1 Å². The summed E-state index contributed by atoms with van der Waals surface area (Å²) in [6, 6.07) is 11.7. The summed E-state index contributed by atoms with van der Waals surface area (Å²) in [6.45, 7) is 2.36. The molecule has 1 fully saturated rings. The number of pyridine rings is 1. The van der Waals surface area contributed by atoms with Crippen LogP contribution >= 0.6 is 0 Å². The fourth-order valence-electron chi connectivity index (χ4n) is 3.71. The van der Waals surface area contributed by atoms with Crippen LogP contribution in [0, 0.1) is 0 Å². The molecule has 9 heteroatoms. The number of Topliss-reactive ketones (excluding diaryl/α,β-unsaturated/α-hetero) is 1. The number of rotatable bonds is 5. The first-order chi connectivity index (χ1) is 14.2. The van der Waals surface area contributed by atoms with Crippen molar-refractivity contribution in [2.45, 2.75) is 25.8 Å². The molecule has 5 rings (SSSR count). The molecule has 0 radical (unpaired) electrons. The minimum absolute atomic E-state index is 0.0722. The highest BCUT2D eigenvalue weighted by Crippen LogP contribution is 2.34. The van der Waals surface area contributed by atoms with Crippen LogP contribution in [-0.2, 0) is 0 Å². The predicted molar refractivity (Wildman–Crippen MR) is 108 cm³/mol. The van der Waals surface area contributed by atoms with Gasteiger partial charge in [0.2, 0.25) is 5.95 Å². The van der Waals surface area contributed by atoms with Crippen molar-refractivity contribution < 1.29 is 4.79 Å². The Morgan fingerprint density at radius 2 is 2.21 bits per heavy atom. The van der Waals surface area contributed by atoms with Crippen LogP contribution in [0.15, 0.2) is 48.8 Å². The van der Waals surface area contributed by atoms with Gasteiger partial charge in [0.1, 0.15) is 11.2 Å². The van der Waals surface area contributed by atoms with E-state index < -0.39 is 0 Å². The van der Waals surface area contributed by atoms with E-state index in [1.165, 1.54) is 6.92 Å². The highest BCUT2D eigenvalue weighted by Gasteiger charge is 2.30. The van der Waals surface area contributed by atoms with Gasteiger partial charge in [0.05, 0.1) is 11.7 Å². The van der Waals surface area contributed by atoms with Gasteiger partial charge < -0.3 is 10.2 Å². The molecule has 1 saturated heterocycles. The van der Waals surface area contributed by atoms with Crippen LogP contribution in [-0.4, -0.2) is 42.1 Å². The Hall–Kier alpha value is -3.75. The van der Waals surface area contributed by atoms with Crippen LogP contribution in [0.5, 0.6) is 0 Å². The number of hydrogen-bond acceptors (Lipinski definition) is 7. The number of carbonyl (C=O) groups excluding carboxylic acids is 1. The minimum atomic E-state index is -0.0722. The molecule has 0 aliphatic carbocycles. The number of nitrogens with zero attached hydrogens (tertiary/aromatic N) is 6. The minimum Gasteiger partial charge on any atom is -0.331 e. The van der Waals surface area contributed by atoms with Gasteiger partial charge in [0, 0.05) is 31.9 Å². The first-order valence-electron chi connectivity index (χ1n) is 9.55. The van der Waals surface area contributed by atoms with Gasteiger partial charge in [-0.25, -0.2) is 4.52 Å². The third kappa shape index (κ3) is 3.20. The largest absolute Gasteiger partial charge is 0.331 e. The average Bonchev–Trinajstić information content (AvgIpc) is 3.48. The van der Waals surface area contributed by atoms with Gasteiger partial charge in [-0.15, -0.1) is 5.10 Å². The number of ketones is 1. The molecule has 0 saturated carbocycles. The molecule has 29 heavy (non-hydrogen) atoms.